The maximum atomic E-state index is 14.2. The van der Waals surface area contributed by atoms with E-state index in [9.17, 15) is 32.9 Å². The van der Waals surface area contributed by atoms with E-state index in [1.165, 1.54) is 6.92 Å². The van der Waals surface area contributed by atoms with Crippen LogP contribution in [0.2, 0.25) is 0 Å². The van der Waals surface area contributed by atoms with Crippen LogP contribution in [0.3, 0.4) is 0 Å². The van der Waals surface area contributed by atoms with Crippen molar-refractivity contribution in [3.63, 3.8) is 0 Å². The summed E-state index contributed by atoms with van der Waals surface area (Å²) < 4.78 is 46.7. The first-order valence-corrected chi connectivity index (χ1v) is 6.50. The van der Waals surface area contributed by atoms with E-state index in [0.29, 0.717) is 12.1 Å². The summed E-state index contributed by atoms with van der Waals surface area (Å²) in [5.74, 6) is -5.77. The number of carbonyl (C=O) groups is 1. The first-order valence-electron chi connectivity index (χ1n) is 6.50. The molecule has 7 nitrogen and oxygen atoms in total. The third kappa shape index (κ3) is 2.85. The minimum absolute atomic E-state index is 0.0736. The van der Waals surface area contributed by atoms with Gasteiger partial charge in [-0.15, -0.1) is 0 Å². The van der Waals surface area contributed by atoms with Crippen LogP contribution in [-0.2, 0) is 4.74 Å². The average molecular weight is 342 g/mol. The predicted octanol–water partition coefficient (Wildman–Crippen LogP) is 2.54. The number of esters is 1. The molecule has 24 heavy (non-hydrogen) atoms. The molecule has 1 aromatic carbocycles. The number of pyridine rings is 1. The minimum Gasteiger partial charge on any atom is -0.462 e. The van der Waals surface area contributed by atoms with Gasteiger partial charge in [-0.2, -0.15) is 4.39 Å². The van der Waals surface area contributed by atoms with Gasteiger partial charge in [0, 0.05) is 12.3 Å². The molecular weight excluding hydrogens is 333 g/mol. The Morgan fingerprint density at radius 2 is 1.96 bits per heavy atom. The summed E-state index contributed by atoms with van der Waals surface area (Å²) >= 11 is 0. The van der Waals surface area contributed by atoms with Crippen LogP contribution in [0, 0.1) is 27.6 Å². The molecule has 1 N–H and O–H groups in total. The Morgan fingerprint density at radius 1 is 1.29 bits per heavy atom. The molecule has 10 heteroatoms. The molecule has 1 heterocycles. The molecule has 2 rings (SSSR count). The summed E-state index contributed by atoms with van der Waals surface area (Å²) in [6, 6.07) is 1.13. The highest BCUT2D eigenvalue weighted by atomic mass is 19.1. The van der Waals surface area contributed by atoms with Gasteiger partial charge < -0.3 is 9.72 Å². The van der Waals surface area contributed by atoms with E-state index in [1.807, 2.05) is 0 Å². The van der Waals surface area contributed by atoms with Crippen molar-refractivity contribution in [2.75, 3.05) is 6.61 Å². The van der Waals surface area contributed by atoms with Crippen molar-refractivity contribution in [2.45, 2.75) is 6.92 Å². The molecule has 0 atom stereocenters. The number of halogens is 3. The molecular formula is C14H9F3N2O5. The van der Waals surface area contributed by atoms with Gasteiger partial charge in [0.1, 0.15) is 11.4 Å². The van der Waals surface area contributed by atoms with Gasteiger partial charge in [-0.3, -0.25) is 14.9 Å². The van der Waals surface area contributed by atoms with E-state index in [1.54, 1.807) is 0 Å². The summed E-state index contributed by atoms with van der Waals surface area (Å²) in [4.78, 5) is 35.0. The van der Waals surface area contributed by atoms with Crippen LogP contribution in [0.5, 0.6) is 0 Å². The molecule has 1 aromatic heterocycles. The van der Waals surface area contributed by atoms with Gasteiger partial charge in [0.15, 0.2) is 5.82 Å². The fraction of sp³-hybridized carbons (Fsp3) is 0.143. The Bertz CT molecular complexity index is 895. The van der Waals surface area contributed by atoms with Crippen molar-refractivity contribution in [3.05, 3.63) is 61.7 Å². The number of ether oxygens (including phenoxy) is 1. The van der Waals surface area contributed by atoms with E-state index < -0.39 is 56.3 Å². The molecule has 0 saturated heterocycles. The summed E-state index contributed by atoms with van der Waals surface area (Å²) in [5, 5.41) is 10.7. The highest BCUT2D eigenvalue weighted by molar-refractivity contribution is 5.89. The number of aromatic amines is 1. The first-order chi connectivity index (χ1) is 11.3. The Morgan fingerprint density at radius 3 is 2.54 bits per heavy atom. The first kappa shape index (κ1) is 17.2. The number of rotatable bonds is 4. The number of nitro groups is 1. The Kier molecular flexibility index (Phi) is 4.67. The quantitative estimate of drug-likeness (QED) is 0.522. The summed E-state index contributed by atoms with van der Waals surface area (Å²) in [6.07, 6.45) is 0.719. The molecule has 0 aliphatic rings. The zero-order chi connectivity index (χ0) is 18.0. The number of nitro benzene ring substituents is 1. The molecule has 0 aliphatic heterocycles. The number of benzene rings is 1. The molecule has 0 saturated carbocycles. The highest BCUT2D eigenvalue weighted by Gasteiger charge is 2.27. The van der Waals surface area contributed by atoms with E-state index >= 15 is 0 Å². The zero-order valence-corrected chi connectivity index (χ0v) is 12.1. The number of aromatic nitrogens is 1. The van der Waals surface area contributed by atoms with Crippen molar-refractivity contribution in [2.24, 2.45) is 0 Å². The van der Waals surface area contributed by atoms with Gasteiger partial charge in [0.05, 0.1) is 22.8 Å². The lowest BCUT2D eigenvalue weighted by molar-refractivity contribution is -0.387. The van der Waals surface area contributed by atoms with Crippen molar-refractivity contribution in [1.82, 2.24) is 4.98 Å². The number of hydrogen-bond donors (Lipinski definition) is 1. The van der Waals surface area contributed by atoms with Crippen LogP contribution in [0.1, 0.15) is 17.3 Å². The number of H-pyrrole nitrogens is 1. The summed E-state index contributed by atoms with van der Waals surface area (Å²) in [6.45, 7) is 1.39. The topological polar surface area (TPSA) is 102 Å². The second kappa shape index (κ2) is 6.52. The predicted molar refractivity (Wildman–Crippen MR) is 75.0 cm³/mol. The number of carbonyl (C=O) groups excluding carboxylic acids is 1. The van der Waals surface area contributed by atoms with Crippen molar-refractivity contribution >= 4 is 11.7 Å². The standard InChI is InChI=1S/C14H9F3N2O5/c1-2-24-14(21)6-5-18-12(11(17)13(6)20)9-7(15)3-4-8(10(9)16)19(22)23/h3-5H,2H2,1H3,(H,18,20). The molecule has 0 bridgehead atoms. The van der Waals surface area contributed by atoms with Crippen molar-refractivity contribution in [1.29, 1.82) is 0 Å². The summed E-state index contributed by atoms with van der Waals surface area (Å²) in [7, 11) is 0. The van der Waals surface area contributed by atoms with Gasteiger partial charge >= 0.3 is 11.7 Å². The van der Waals surface area contributed by atoms with E-state index in [4.69, 9.17) is 0 Å². The maximum absolute atomic E-state index is 14.2. The number of nitrogens with zero attached hydrogens (tertiary/aromatic N) is 1. The second-order valence-corrected chi connectivity index (χ2v) is 4.45. The Hall–Kier alpha value is -3.17. The van der Waals surface area contributed by atoms with E-state index in [2.05, 4.69) is 9.72 Å². The Labute approximate surface area is 131 Å². The van der Waals surface area contributed by atoms with E-state index in [-0.39, 0.29) is 6.61 Å². The zero-order valence-electron chi connectivity index (χ0n) is 12.1. The molecule has 2 aromatic rings. The number of nitrogens with one attached hydrogen (secondary N) is 1. The van der Waals surface area contributed by atoms with Gasteiger partial charge in [-0.1, -0.05) is 0 Å². The van der Waals surface area contributed by atoms with Gasteiger partial charge in [-0.25, -0.2) is 13.6 Å². The normalized spacial score (nSPS) is 10.5. The lowest BCUT2D eigenvalue weighted by atomic mass is 10.1. The van der Waals surface area contributed by atoms with Crippen molar-refractivity contribution in [3.8, 4) is 11.3 Å². The van der Waals surface area contributed by atoms with Crippen LogP contribution in [-0.4, -0.2) is 22.5 Å². The number of hydrogen-bond acceptors (Lipinski definition) is 5. The molecule has 0 aliphatic carbocycles. The smallest absolute Gasteiger partial charge is 0.343 e. The average Bonchev–Trinajstić information content (AvgIpc) is 2.51. The molecule has 126 valence electrons. The van der Waals surface area contributed by atoms with Crippen LogP contribution in [0.25, 0.3) is 11.3 Å². The molecule has 0 fully saturated rings. The van der Waals surface area contributed by atoms with Crippen LogP contribution < -0.4 is 5.43 Å². The van der Waals surface area contributed by atoms with Crippen LogP contribution >= 0.6 is 0 Å². The molecule has 0 radical (unpaired) electrons. The highest BCUT2D eigenvalue weighted by Crippen LogP contribution is 2.31. The second-order valence-electron chi connectivity index (χ2n) is 4.45. The third-order valence-corrected chi connectivity index (χ3v) is 3.04. The third-order valence-electron chi connectivity index (χ3n) is 3.04. The monoisotopic (exact) mass is 342 g/mol. The fourth-order valence-corrected chi connectivity index (χ4v) is 1.96. The van der Waals surface area contributed by atoms with Crippen molar-refractivity contribution < 1.29 is 27.6 Å². The Balaban J connectivity index is 2.70. The molecule has 0 spiro atoms. The van der Waals surface area contributed by atoms with Gasteiger partial charge in [0.2, 0.25) is 11.2 Å². The molecule has 0 unspecified atom stereocenters. The minimum atomic E-state index is -1.67. The maximum Gasteiger partial charge on any atom is 0.343 e. The molecule has 0 amide bonds. The lowest BCUT2D eigenvalue weighted by Crippen LogP contribution is -2.22. The summed E-state index contributed by atoms with van der Waals surface area (Å²) in [5.41, 5.74) is -5.32. The van der Waals surface area contributed by atoms with Crippen LogP contribution in [0.4, 0.5) is 18.9 Å². The van der Waals surface area contributed by atoms with Gasteiger partial charge in [0.25, 0.3) is 0 Å². The fourth-order valence-electron chi connectivity index (χ4n) is 1.96. The lowest BCUT2D eigenvalue weighted by Gasteiger charge is -2.08. The van der Waals surface area contributed by atoms with Gasteiger partial charge in [-0.05, 0) is 13.0 Å². The SMILES string of the molecule is CCOC(=O)c1c[nH]c(-c2c(F)ccc([N+](=O)[O-])c2F)c(F)c1=O. The van der Waals surface area contributed by atoms with E-state index in [0.717, 1.165) is 6.20 Å². The largest absolute Gasteiger partial charge is 0.462 e. The van der Waals surface area contributed by atoms with Crippen LogP contribution in [0.15, 0.2) is 23.1 Å².